The molecule has 1 aromatic carbocycles. The first-order chi connectivity index (χ1) is 13.8. The van der Waals surface area contributed by atoms with Crippen LogP contribution in [0.3, 0.4) is 0 Å². The van der Waals surface area contributed by atoms with Crippen molar-refractivity contribution < 1.29 is 9.90 Å². The van der Waals surface area contributed by atoms with Gasteiger partial charge in [0.2, 0.25) is 0 Å². The fourth-order valence-electron chi connectivity index (χ4n) is 3.01. The highest BCUT2D eigenvalue weighted by molar-refractivity contribution is 6.30. The van der Waals surface area contributed by atoms with E-state index >= 15 is 0 Å². The molecule has 0 radical (unpaired) electrons. The number of aliphatic hydroxyl groups is 1. The zero-order chi connectivity index (χ0) is 21.0. The second-order valence-corrected chi connectivity index (χ2v) is 8.63. The Morgan fingerprint density at radius 2 is 1.97 bits per heavy atom. The van der Waals surface area contributed by atoms with Crippen LogP contribution in [0.2, 0.25) is 5.02 Å². The van der Waals surface area contributed by atoms with E-state index in [0.717, 1.165) is 22.6 Å². The zero-order valence-electron chi connectivity index (χ0n) is 17.0. The average Bonchev–Trinajstić information content (AvgIpc) is 3.12. The molecular formula is C23H26ClN3O2. The summed E-state index contributed by atoms with van der Waals surface area (Å²) in [5.41, 5.74) is 4.19. The number of carbonyl (C=O) groups is 1. The molecule has 2 heterocycles. The van der Waals surface area contributed by atoms with E-state index in [1.807, 2.05) is 28.9 Å². The van der Waals surface area contributed by atoms with Crippen LogP contribution in [0.5, 0.6) is 0 Å². The molecule has 1 N–H and O–H groups in total. The first-order valence-corrected chi connectivity index (χ1v) is 10.1. The average molecular weight is 412 g/mol. The maximum Gasteiger partial charge on any atom is 0.139 e. The lowest BCUT2D eigenvalue weighted by Gasteiger charge is -2.14. The molecule has 3 rings (SSSR count). The molecule has 152 valence electrons. The Bertz CT molecular complexity index is 988. The number of hydrogen-bond acceptors (Lipinski definition) is 4. The maximum atomic E-state index is 12.5. The van der Waals surface area contributed by atoms with Crippen LogP contribution in [-0.2, 0) is 29.7 Å². The Morgan fingerprint density at radius 1 is 1.17 bits per heavy atom. The van der Waals surface area contributed by atoms with Crippen molar-refractivity contribution >= 4 is 17.4 Å². The lowest BCUT2D eigenvalue weighted by Crippen LogP contribution is -2.12. The van der Waals surface area contributed by atoms with E-state index in [1.165, 1.54) is 0 Å². The SMILES string of the molecule is CC(C)(C)c1cc(CCC(=O)Cc2ccc(CO)cn2)n(-c2cccc(Cl)c2)n1. The van der Waals surface area contributed by atoms with E-state index in [-0.39, 0.29) is 24.2 Å². The largest absolute Gasteiger partial charge is 0.392 e. The van der Waals surface area contributed by atoms with Crippen molar-refractivity contribution in [2.45, 2.75) is 52.1 Å². The number of aliphatic hydroxyl groups excluding tert-OH is 1. The summed E-state index contributed by atoms with van der Waals surface area (Å²) in [6.45, 7) is 6.31. The Morgan fingerprint density at radius 3 is 2.59 bits per heavy atom. The molecule has 0 bridgehead atoms. The second kappa shape index (κ2) is 8.89. The minimum atomic E-state index is -0.0963. The predicted molar refractivity (Wildman–Crippen MR) is 114 cm³/mol. The van der Waals surface area contributed by atoms with E-state index in [9.17, 15) is 4.79 Å². The first-order valence-electron chi connectivity index (χ1n) is 9.68. The van der Waals surface area contributed by atoms with Crippen molar-refractivity contribution in [3.8, 4) is 5.69 Å². The maximum absolute atomic E-state index is 12.5. The number of Topliss-reactive ketones (excluding diaryl/α,β-unsaturated/α-hetero) is 1. The molecule has 3 aromatic rings. The molecular weight excluding hydrogens is 386 g/mol. The van der Waals surface area contributed by atoms with Gasteiger partial charge in [0.25, 0.3) is 0 Å². The van der Waals surface area contributed by atoms with Gasteiger partial charge in [-0.05, 0) is 42.3 Å². The van der Waals surface area contributed by atoms with Crippen LogP contribution >= 0.6 is 11.6 Å². The van der Waals surface area contributed by atoms with Crippen molar-refractivity contribution in [2.24, 2.45) is 0 Å². The third kappa shape index (κ3) is 5.52. The summed E-state index contributed by atoms with van der Waals surface area (Å²) in [4.78, 5) is 16.7. The molecule has 6 heteroatoms. The Kier molecular flexibility index (Phi) is 6.50. The fourth-order valence-corrected chi connectivity index (χ4v) is 3.19. The van der Waals surface area contributed by atoms with Crippen molar-refractivity contribution in [3.63, 3.8) is 0 Å². The van der Waals surface area contributed by atoms with Gasteiger partial charge in [0.15, 0.2) is 0 Å². The van der Waals surface area contributed by atoms with Crippen LogP contribution in [0, 0.1) is 0 Å². The van der Waals surface area contributed by atoms with Gasteiger partial charge in [-0.1, -0.05) is 44.5 Å². The zero-order valence-corrected chi connectivity index (χ0v) is 17.8. The van der Waals surface area contributed by atoms with Crippen molar-refractivity contribution in [3.05, 3.63) is 76.3 Å². The van der Waals surface area contributed by atoms with E-state index in [1.54, 1.807) is 18.3 Å². The summed E-state index contributed by atoms with van der Waals surface area (Å²) in [7, 11) is 0. The highest BCUT2D eigenvalue weighted by atomic mass is 35.5. The van der Waals surface area contributed by atoms with Crippen LogP contribution in [0.1, 0.15) is 49.8 Å². The van der Waals surface area contributed by atoms with Crippen LogP contribution < -0.4 is 0 Å². The predicted octanol–water partition coefficient (Wildman–Crippen LogP) is 4.45. The second-order valence-electron chi connectivity index (χ2n) is 8.19. The van der Waals surface area contributed by atoms with Gasteiger partial charge < -0.3 is 5.11 Å². The minimum absolute atomic E-state index is 0.0508. The quantitative estimate of drug-likeness (QED) is 0.623. The Hall–Kier alpha value is -2.50. The van der Waals surface area contributed by atoms with E-state index in [0.29, 0.717) is 23.6 Å². The molecule has 0 saturated carbocycles. The number of benzene rings is 1. The van der Waals surface area contributed by atoms with E-state index < -0.39 is 0 Å². The van der Waals surface area contributed by atoms with Crippen LogP contribution in [0.15, 0.2) is 48.7 Å². The number of ketones is 1. The number of rotatable bonds is 7. The van der Waals surface area contributed by atoms with Gasteiger partial charge in [-0.2, -0.15) is 5.10 Å². The Balaban J connectivity index is 1.76. The first kappa shape index (κ1) is 21.2. The molecule has 0 fully saturated rings. The molecule has 0 atom stereocenters. The van der Waals surface area contributed by atoms with Gasteiger partial charge in [0.1, 0.15) is 5.78 Å². The van der Waals surface area contributed by atoms with Crippen LogP contribution in [0.4, 0.5) is 0 Å². The van der Waals surface area contributed by atoms with Crippen LogP contribution in [-0.4, -0.2) is 25.7 Å². The van der Waals surface area contributed by atoms with Gasteiger partial charge in [-0.25, -0.2) is 4.68 Å². The lowest BCUT2D eigenvalue weighted by atomic mass is 9.92. The molecule has 0 saturated heterocycles. The molecule has 0 amide bonds. The highest BCUT2D eigenvalue weighted by Gasteiger charge is 2.21. The number of aryl methyl sites for hydroxylation is 1. The topological polar surface area (TPSA) is 68.0 Å². The van der Waals surface area contributed by atoms with Gasteiger partial charge in [-0.15, -0.1) is 0 Å². The lowest BCUT2D eigenvalue weighted by molar-refractivity contribution is -0.118. The van der Waals surface area contributed by atoms with Crippen molar-refractivity contribution in [1.29, 1.82) is 0 Å². The number of pyridine rings is 1. The van der Waals surface area contributed by atoms with Gasteiger partial charge in [0, 0.05) is 40.9 Å². The monoisotopic (exact) mass is 411 g/mol. The molecule has 0 aliphatic heterocycles. The third-order valence-corrected chi connectivity index (χ3v) is 4.95. The summed E-state index contributed by atoms with van der Waals surface area (Å²) >= 11 is 6.17. The highest BCUT2D eigenvalue weighted by Crippen LogP contribution is 2.25. The summed E-state index contributed by atoms with van der Waals surface area (Å²) in [6, 6.07) is 13.2. The number of aromatic nitrogens is 3. The molecule has 0 spiro atoms. The molecule has 29 heavy (non-hydrogen) atoms. The van der Waals surface area contributed by atoms with E-state index in [2.05, 4.69) is 31.8 Å². The molecule has 0 unspecified atom stereocenters. The number of nitrogens with zero attached hydrogens (tertiary/aromatic N) is 3. The van der Waals surface area contributed by atoms with Gasteiger partial charge in [-0.3, -0.25) is 9.78 Å². The molecule has 2 aromatic heterocycles. The number of carbonyl (C=O) groups excluding carboxylic acids is 1. The van der Waals surface area contributed by atoms with Crippen molar-refractivity contribution in [2.75, 3.05) is 0 Å². The van der Waals surface area contributed by atoms with Gasteiger partial charge >= 0.3 is 0 Å². The molecule has 5 nitrogen and oxygen atoms in total. The number of halogens is 1. The molecule has 0 aliphatic rings. The van der Waals surface area contributed by atoms with Gasteiger partial charge in [0.05, 0.1) is 18.0 Å². The number of hydrogen-bond donors (Lipinski definition) is 1. The Labute approximate surface area is 176 Å². The van der Waals surface area contributed by atoms with Crippen molar-refractivity contribution in [1.82, 2.24) is 14.8 Å². The summed E-state index contributed by atoms with van der Waals surface area (Å²) in [5, 5.41) is 14.5. The summed E-state index contributed by atoms with van der Waals surface area (Å²) < 4.78 is 1.88. The fraction of sp³-hybridized carbons (Fsp3) is 0.348. The standard InChI is InChI=1S/C23H26ClN3O2/c1-23(2,3)22-13-20(27(26-22)19-6-4-5-17(24)11-19)9-10-21(29)12-18-8-7-16(15-28)14-25-18/h4-8,11,13-14,28H,9-10,12,15H2,1-3H3. The molecule has 0 aliphatic carbocycles. The minimum Gasteiger partial charge on any atom is -0.392 e. The van der Waals surface area contributed by atoms with E-state index in [4.69, 9.17) is 21.8 Å². The third-order valence-electron chi connectivity index (χ3n) is 4.71. The van der Waals surface area contributed by atoms with Crippen LogP contribution in [0.25, 0.3) is 5.69 Å². The summed E-state index contributed by atoms with van der Waals surface area (Å²) in [5.74, 6) is 0.116. The smallest absolute Gasteiger partial charge is 0.139 e. The normalized spacial score (nSPS) is 11.6. The summed E-state index contributed by atoms with van der Waals surface area (Å²) in [6.07, 6.45) is 2.87.